The maximum atomic E-state index is 12.4. The van der Waals surface area contributed by atoms with E-state index in [0.29, 0.717) is 11.1 Å². The van der Waals surface area contributed by atoms with Gasteiger partial charge in [-0.2, -0.15) is 0 Å². The van der Waals surface area contributed by atoms with E-state index >= 15 is 0 Å². The zero-order valence-electron chi connectivity index (χ0n) is 11.6. The first-order valence-electron chi connectivity index (χ1n) is 6.89. The summed E-state index contributed by atoms with van der Waals surface area (Å²) in [5.41, 5.74) is 3.40. The molecule has 0 fully saturated rings. The van der Waals surface area contributed by atoms with Gasteiger partial charge in [-0.3, -0.25) is 4.79 Å². The van der Waals surface area contributed by atoms with Crippen molar-refractivity contribution in [2.45, 2.75) is 24.2 Å². The number of carbonyl (C=O) groups is 1. The van der Waals surface area contributed by atoms with Crippen LogP contribution in [0.25, 0.3) is 0 Å². The van der Waals surface area contributed by atoms with E-state index in [0.717, 1.165) is 12.0 Å². The van der Waals surface area contributed by atoms with Crippen LogP contribution in [-0.2, 0) is 6.42 Å². The van der Waals surface area contributed by atoms with Gasteiger partial charge in [0.05, 0.1) is 11.6 Å². The highest BCUT2D eigenvalue weighted by Gasteiger charge is 2.32. The summed E-state index contributed by atoms with van der Waals surface area (Å²) in [5.74, 6) is -0.199. The highest BCUT2D eigenvalue weighted by atomic mass is 79.9. The third-order valence-corrected chi connectivity index (χ3v) is 4.79. The van der Waals surface area contributed by atoms with Crippen molar-refractivity contribution < 1.29 is 9.90 Å². The molecule has 0 saturated heterocycles. The Kier molecular flexibility index (Phi) is 3.72. The predicted molar refractivity (Wildman–Crippen MR) is 85.9 cm³/mol. The van der Waals surface area contributed by atoms with Gasteiger partial charge in [0.1, 0.15) is 5.75 Å². The highest BCUT2D eigenvalue weighted by Crippen LogP contribution is 2.36. The van der Waals surface area contributed by atoms with Crippen molar-refractivity contribution >= 4 is 21.8 Å². The SMILES string of the molecule is Cc1cccc(C(=O)NC2c3ccccc3CC2Br)c1O. The average Bonchev–Trinajstić information content (AvgIpc) is 2.78. The van der Waals surface area contributed by atoms with Crippen LogP contribution in [0.15, 0.2) is 42.5 Å². The van der Waals surface area contributed by atoms with Gasteiger partial charge in [-0.25, -0.2) is 0 Å². The molecule has 21 heavy (non-hydrogen) atoms. The molecule has 2 unspecified atom stereocenters. The molecule has 4 heteroatoms. The van der Waals surface area contributed by atoms with Gasteiger partial charge < -0.3 is 10.4 Å². The molecular formula is C17H16BrNO2. The van der Waals surface area contributed by atoms with Gasteiger partial charge >= 0.3 is 0 Å². The Balaban J connectivity index is 1.87. The van der Waals surface area contributed by atoms with Crippen molar-refractivity contribution in [3.63, 3.8) is 0 Å². The van der Waals surface area contributed by atoms with Crippen LogP contribution in [0.2, 0.25) is 0 Å². The smallest absolute Gasteiger partial charge is 0.255 e. The Morgan fingerprint density at radius 1 is 1.24 bits per heavy atom. The Labute approximate surface area is 132 Å². The molecule has 0 spiro atoms. The van der Waals surface area contributed by atoms with Crippen LogP contribution in [-0.4, -0.2) is 15.8 Å². The van der Waals surface area contributed by atoms with E-state index in [1.165, 1.54) is 5.56 Å². The van der Waals surface area contributed by atoms with E-state index in [4.69, 9.17) is 0 Å². The van der Waals surface area contributed by atoms with Crippen molar-refractivity contribution in [1.29, 1.82) is 0 Å². The number of hydrogen-bond donors (Lipinski definition) is 2. The summed E-state index contributed by atoms with van der Waals surface area (Å²) in [7, 11) is 0. The third-order valence-electron chi connectivity index (χ3n) is 3.94. The number of benzene rings is 2. The molecule has 0 heterocycles. The minimum Gasteiger partial charge on any atom is -0.507 e. The fourth-order valence-corrected chi connectivity index (χ4v) is 3.54. The topological polar surface area (TPSA) is 49.3 Å². The highest BCUT2D eigenvalue weighted by molar-refractivity contribution is 9.09. The third kappa shape index (κ3) is 2.56. The number of nitrogens with one attached hydrogen (secondary N) is 1. The number of aryl methyl sites for hydroxylation is 1. The van der Waals surface area contributed by atoms with E-state index in [9.17, 15) is 9.90 Å². The number of rotatable bonds is 2. The van der Waals surface area contributed by atoms with Crippen molar-refractivity contribution in [1.82, 2.24) is 5.32 Å². The number of carbonyl (C=O) groups excluding carboxylic acids is 1. The Hall–Kier alpha value is -1.81. The summed E-state index contributed by atoms with van der Waals surface area (Å²) in [6.07, 6.45) is 0.890. The van der Waals surface area contributed by atoms with Gasteiger partial charge in [0, 0.05) is 4.83 Å². The minimum absolute atomic E-state index is 0.0485. The largest absolute Gasteiger partial charge is 0.507 e. The van der Waals surface area contributed by atoms with Crippen LogP contribution in [0.5, 0.6) is 5.75 Å². The molecule has 0 bridgehead atoms. The molecule has 0 saturated carbocycles. The Bertz CT molecular complexity index is 699. The molecule has 108 valence electrons. The zero-order chi connectivity index (χ0) is 15.0. The second-order valence-electron chi connectivity index (χ2n) is 5.34. The van der Waals surface area contributed by atoms with Crippen LogP contribution in [0, 0.1) is 6.92 Å². The van der Waals surface area contributed by atoms with Gasteiger partial charge in [-0.1, -0.05) is 52.3 Å². The van der Waals surface area contributed by atoms with Crippen molar-refractivity contribution in [2.75, 3.05) is 0 Å². The van der Waals surface area contributed by atoms with Gasteiger partial charge in [0.15, 0.2) is 0 Å². The molecule has 1 amide bonds. The molecule has 2 atom stereocenters. The summed E-state index contributed by atoms with van der Waals surface area (Å²) in [6, 6.07) is 13.2. The first-order valence-corrected chi connectivity index (χ1v) is 7.81. The zero-order valence-corrected chi connectivity index (χ0v) is 13.2. The van der Waals surface area contributed by atoms with E-state index in [1.54, 1.807) is 25.1 Å². The number of phenols is 1. The van der Waals surface area contributed by atoms with E-state index in [2.05, 4.69) is 27.3 Å². The van der Waals surface area contributed by atoms with Gasteiger partial charge in [-0.15, -0.1) is 0 Å². The van der Waals surface area contributed by atoms with Crippen LogP contribution in [0.3, 0.4) is 0 Å². The molecule has 3 rings (SSSR count). The number of para-hydroxylation sites is 1. The lowest BCUT2D eigenvalue weighted by molar-refractivity contribution is 0.0935. The number of aromatic hydroxyl groups is 1. The molecule has 2 N–H and O–H groups in total. The van der Waals surface area contributed by atoms with Gasteiger partial charge in [0.25, 0.3) is 5.91 Å². The number of halogens is 1. The summed E-state index contributed by atoms with van der Waals surface area (Å²) < 4.78 is 0. The molecule has 1 aliphatic rings. The fraction of sp³-hybridized carbons (Fsp3) is 0.235. The second-order valence-corrected chi connectivity index (χ2v) is 6.52. The van der Waals surface area contributed by atoms with E-state index < -0.39 is 0 Å². The molecule has 0 aliphatic heterocycles. The van der Waals surface area contributed by atoms with E-state index in [-0.39, 0.29) is 22.5 Å². The lowest BCUT2D eigenvalue weighted by Gasteiger charge is -2.18. The summed E-state index contributed by atoms with van der Waals surface area (Å²) in [5, 5.41) is 13.1. The quantitative estimate of drug-likeness (QED) is 0.818. The normalized spacial score (nSPS) is 20.1. The molecular weight excluding hydrogens is 330 g/mol. The molecule has 2 aromatic rings. The van der Waals surface area contributed by atoms with E-state index in [1.807, 2.05) is 18.2 Å². The first kappa shape index (κ1) is 14.1. The van der Waals surface area contributed by atoms with Crippen molar-refractivity contribution in [2.24, 2.45) is 0 Å². The van der Waals surface area contributed by atoms with Crippen molar-refractivity contribution in [3.05, 3.63) is 64.7 Å². The molecule has 1 aliphatic carbocycles. The fourth-order valence-electron chi connectivity index (χ4n) is 2.78. The lowest BCUT2D eigenvalue weighted by Crippen LogP contribution is -2.31. The lowest BCUT2D eigenvalue weighted by atomic mass is 10.1. The summed E-state index contributed by atoms with van der Waals surface area (Å²) >= 11 is 3.64. The van der Waals surface area contributed by atoms with Crippen LogP contribution in [0.1, 0.15) is 33.1 Å². The number of phenolic OH excluding ortho intramolecular Hbond substituents is 1. The standard InChI is InChI=1S/C17H16BrNO2/c1-10-5-4-8-13(16(10)20)17(21)19-15-12-7-3-2-6-11(12)9-14(15)18/h2-8,14-15,20H,9H2,1H3,(H,19,21). The maximum absolute atomic E-state index is 12.4. The molecule has 3 nitrogen and oxygen atoms in total. The average molecular weight is 346 g/mol. The molecule has 2 aromatic carbocycles. The van der Waals surface area contributed by atoms with Gasteiger partial charge in [0.2, 0.25) is 0 Å². The number of fused-ring (bicyclic) bond motifs is 1. The van der Waals surface area contributed by atoms with Crippen LogP contribution >= 0.6 is 15.9 Å². The first-order chi connectivity index (χ1) is 10.1. The molecule has 0 aromatic heterocycles. The summed E-state index contributed by atoms with van der Waals surface area (Å²) in [4.78, 5) is 12.6. The second kappa shape index (κ2) is 5.53. The minimum atomic E-state index is -0.248. The molecule has 0 radical (unpaired) electrons. The predicted octanol–water partition coefficient (Wildman–Crippen LogP) is 3.49. The Morgan fingerprint density at radius 3 is 2.81 bits per heavy atom. The van der Waals surface area contributed by atoms with Crippen molar-refractivity contribution in [3.8, 4) is 5.75 Å². The number of amides is 1. The maximum Gasteiger partial charge on any atom is 0.255 e. The summed E-state index contributed by atoms with van der Waals surface area (Å²) in [6.45, 7) is 1.78. The number of hydrogen-bond acceptors (Lipinski definition) is 2. The van der Waals surface area contributed by atoms with Gasteiger partial charge in [-0.05, 0) is 36.1 Å². The van der Waals surface area contributed by atoms with Crippen LogP contribution in [0.4, 0.5) is 0 Å². The monoisotopic (exact) mass is 345 g/mol. The van der Waals surface area contributed by atoms with Crippen LogP contribution < -0.4 is 5.32 Å². The Morgan fingerprint density at radius 2 is 2.00 bits per heavy atom. The number of alkyl halides is 1.